The van der Waals surface area contributed by atoms with E-state index in [1.165, 1.54) is 12.1 Å². The molecule has 0 heterocycles. The first-order valence-corrected chi connectivity index (χ1v) is 6.28. The van der Waals surface area contributed by atoms with Crippen molar-refractivity contribution >= 4 is 11.6 Å². The monoisotopic (exact) mass is 332 g/mol. The SMILES string of the molecule is NNC(COCC(F)(F)C(F)F)Cc1ccc(Cl)cc1F. The Bertz CT molecular complexity index is 461. The lowest BCUT2D eigenvalue weighted by atomic mass is 10.1. The molecule has 21 heavy (non-hydrogen) atoms. The molecule has 1 aromatic carbocycles. The average molecular weight is 333 g/mol. The first-order chi connectivity index (χ1) is 9.76. The molecule has 0 aromatic heterocycles. The van der Waals surface area contributed by atoms with Crippen molar-refractivity contribution in [1.82, 2.24) is 5.43 Å². The third-order valence-corrected chi connectivity index (χ3v) is 2.89. The third-order valence-electron chi connectivity index (χ3n) is 2.65. The molecule has 0 radical (unpaired) electrons. The van der Waals surface area contributed by atoms with Crippen LogP contribution in [0.3, 0.4) is 0 Å². The van der Waals surface area contributed by atoms with Crippen LogP contribution in [0.15, 0.2) is 18.2 Å². The zero-order chi connectivity index (χ0) is 16.0. The van der Waals surface area contributed by atoms with Crippen LogP contribution in [-0.2, 0) is 11.2 Å². The number of benzene rings is 1. The normalized spacial score (nSPS) is 13.7. The number of hydrogen-bond acceptors (Lipinski definition) is 3. The van der Waals surface area contributed by atoms with E-state index < -0.39 is 30.8 Å². The molecular formula is C12H14ClF5N2O. The van der Waals surface area contributed by atoms with Gasteiger partial charge < -0.3 is 4.74 Å². The van der Waals surface area contributed by atoms with Gasteiger partial charge in [0.05, 0.1) is 6.61 Å². The third kappa shape index (κ3) is 5.74. The molecule has 9 heteroatoms. The topological polar surface area (TPSA) is 47.3 Å². The number of ether oxygens (including phenoxy) is 1. The van der Waals surface area contributed by atoms with Gasteiger partial charge in [-0.2, -0.15) is 8.78 Å². The van der Waals surface area contributed by atoms with E-state index in [0.717, 1.165) is 6.07 Å². The highest BCUT2D eigenvalue weighted by Crippen LogP contribution is 2.23. The number of rotatable bonds is 8. The van der Waals surface area contributed by atoms with E-state index in [9.17, 15) is 22.0 Å². The molecule has 0 spiro atoms. The number of halogens is 6. The van der Waals surface area contributed by atoms with E-state index >= 15 is 0 Å². The number of hydrazine groups is 1. The minimum atomic E-state index is -4.23. The molecule has 0 saturated heterocycles. The minimum Gasteiger partial charge on any atom is -0.373 e. The average Bonchev–Trinajstić information content (AvgIpc) is 2.39. The second kappa shape index (κ2) is 7.88. The molecule has 0 aliphatic carbocycles. The molecule has 0 aliphatic rings. The van der Waals surface area contributed by atoms with Crippen molar-refractivity contribution in [2.24, 2.45) is 5.84 Å². The van der Waals surface area contributed by atoms with Gasteiger partial charge in [0.25, 0.3) is 0 Å². The van der Waals surface area contributed by atoms with Gasteiger partial charge in [0.15, 0.2) is 0 Å². The fourth-order valence-electron chi connectivity index (χ4n) is 1.52. The maximum atomic E-state index is 13.6. The van der Waals surface area contributed by atoms with Gasteiger partial charge in [-0.15, -0.1) is 0 Å². The number of nitrogens with two attached hydrogens (primary N) is 1. The van der Waals surface area contributed by atoms with Crippen LogP contribution in [0, 0.1) is 5.82 Å². The van der Waals surface area contributed by atoms with E-state index in [1.807, 2.05) is 0 Å². The Labute approximate surface area is 123 Å². The summed E-state index contributed by atoms with van der Waals surface area (Å²) in [5, 5.41) is 0.210. The molecule has 1 atom stereocenters. The van der Waals surface area contributed by atoms with E-state index in [2.05, 4.69) is 10.2 Å². The highest BCUT2D eigenvalue weighted by molar-refractivity contribution is 6.30. The maximum Gasteiger partial charge on any atom is 0.330 e. The van der Waals surface area contributed by atoms with Crippen LogP contribution < -0.4 is 11.3 Å². The molecule has 3 N–H and O–H groups in total. The standard InChI is InChI=1S/C12H14ClF5N2O/c13-8-2-1-7(10(14)4-8)3-9(20-19)5-21-6-12(17,18)11(15)16/h1-2,4,9,11,20H,3,5-6,19H2. The van der Waals surface area contributed by atoms with Crippen molar-refractivity contribution in [3.05, 3.63) is 34.6 Å². The molecule has 3 nitrogen and oxygen atoms in total. The van der Waals surface area contributed by atoms with Crippen LogP contribution in [-0.4, -0.2) is 31.6 Å². The summed E-state index contributed by atoms with van der Waals surface area (Å²) in [6.45, 7) is -1.81. The summed E-state index contributed by atoms with van der Waals surface area (Å²) in [5.74, 6) is 0.382. The summed E-state index contributed by atoms with van der Waals surface area (Å²) in [5.41, 5.74) is 2.49. The summed E-state index contributed by atoms with van der Waals surface area (Å²) in [4.78, 5) is 0. The molecule has 0 saturated carbocycles. The van der Waals surface area contributed by atoms with Gasteiger partial charge in [-0.3, -0.25) is 11.3 Å². The second-order valence-electron chi connectivity index (χ2n) is 4.38. The van der Waals surface area contributed by atoms with Gasteiger partial charge in [-0.1, -0.05) is 17.7 Å². The predicted molar refractivity (Wildman–Crippen MR) is 68.0 cm³/mol. The Kier molecular flexibility index (Phi) is 6.79. The lowest BCUT2D eigenvalue weighted by Crippen LogP contribution is -2.42. The largest absolute Gasteiger partial charge is 0.373 e. The Hall–Kier alpha value is -0.960. The molecule has 0 bridgehead atoms. The van der Waals surface area contributed by atoms with E-state index in [1.54, 1.807) is 0 Å². The van der Waals surface area contributed by atoms with Crippen LogP contribution in [0.4, 0.5) is 22.0 Å². The lowest BCUT2D eigenvalue weighted by molar-refractivity contribution is -0.167. The summed E-state index contributed by atoms with van der Waals surface area (Å²) in [6.07, 6.45) is -3.78. The Morgan fingerprint density at radius 2 is 2.00 bits per heavy atom. The van der Waals surface area contributed by atoms with Crippen molar-refractivity contribution in [2.45, 2.75) is 24.8 Å². The summed E-state index contributed by atoms with van der Waals surface area (Å²) >= 11 is 5.59. The van der Waals surface area contributed by atoms with E-state index in [4.69, 9.17) is 17.4 Å². The van der Waals surface area contributed by atoms with Crippen LogP contribution in [0.1, 0.15) is 5.56 Å². The molecule has 120 valence electrons. The fourth-order valence-corrected chi connectivity index (χ4v) is 1.68. The molecule has 0 aliphatic heterocycles. The first-order valence-electron chi connectivity index (χ1n) is 5.90. The molecular weight excluding hydrogens is 319 g/mol. The van der Waals surface area contributed by atoms with Crippen molar-refractivity contribution in [3.63, 3.8) is 0 Å². The molecule has 1 aromatic rings. The molecule has 1 unspecified atom stereocenters. The number of alkyl halides is 4. The lowest BCUT2D eigenvalue weighted by Gasteiger charge is -2.19. The van der Waals surface area contributed by atoms with Crippen molar-refractivity contribution < 1.29 is 26.7 Å². The number of hydrogen-bond donors (Lipinski definition) is 2. The van der Waals surface area contributed by atoms with E-state index in [0.29, 0.717) is 0 Å². The van der Waals surface area contributed by atoms with Gasteiger partial charge in [0.2, 0.25) is 0 Å². The van der Waals surface area contributed by atoms with E-state index in [-0.39, 0.29) is 23.6 Å². The highest BCUT2D eigenvalue weighted by atomic mass is 35.5. The molecule has 1 rings (SSSR count). The Morgan fingerprint density at radius 3 is 2.52 bits per heavy atom. The van der Waals surface area contributed by atoms with Gasteiger partial charge >= 0.3 is 12.3 Å². The van der Waals surface area contributed by atoms with Crippen LogP contribution in [0.25, 0.3) is 0 Å². The summed E-state index contributed by atoms with van der Waals surface area (Å²) in [6, 6.07) is 3.25. The Morgan fingerprint density at radius 1 is 1.33 bits per heavy atom. The van der Waals surface area contributed by atoms with Gasteiger partial charge in [-0.25, -0.2) is 13.2 Å². The van der Waals surface area contributed by atoms with Crippen LogP contribution in [0.5, 0.6) is 0 Å². The zero-order valence-electron chi connectivity index (χ0n) is 10.8. The second-order valence-corrected chi connectivity index (χ2v) is 4.82. The predicted octanol–water partition coefficient (Wildman–Crippen LogP) is 2.77. The van der Waals surface area contributed by atoms with Gasteiger partial charge in [-0.05, 0) is 24.1 Å². The Balaban J connectivity index is 2.52. The highest BCUT2D eigenvalue weighted by Gasteiger charge is 2.41. The van der Waals surface area contributed by atoms with Crippen LogP contribution in [0.2, 0.25) is 5.02 Å². The zero-order valence-corrected chi connectivity index (χ0v) is 11.5. The van der Waals surface area contributed by atoms with Crippen molar-refractivity contribution in [1.29, 1.82) is 0 Å². The van der Waals surface area contributed by atoms with Gasteiger partial charge in [0, 0.05) is 11.1 Å². The maximum absolute atomic E-state index is 13.6. The molecule has 0 amide bonds. The fraction of sp³-hybridized carbons (Fsp3) is 0.500. The smallest absolute Gasteiger partial charge is 0.330 e. The van der Waals surface area contributed by atoms with Crippen molar-refractivity contribution in [3.8, 4) is 0 Å². The number of nitrogens with one attached hydrogen (secondary N) is 1. The first kappa shape index (κ1) is 18.1. The summed E-state index contributed by atoms with van der Waals surface area (Å²) < 4.78 is 67.2. The molecule has 0 fully saturated rings. The quantitative estimate of drug-likeness (QED) is 0.437. The van der Waals surface area contributed by atoms with Crippen LogP contribution >= 0.6 is 11.6 Å². The summed E-state index contributed by atoms with van der Waals surface area (Å²) in [7, 11) is 0. The van der Waals surface area contributed by atoms with Gasteiger partial charge in [0.1, 0.15) is 12.4 Å². The minimum absolute atomic E-state index is 0.0275. The van der Waals surface area contributed by atoms with Crippen molar-refractivity contribution in [2.75, 3.05) is 13.2 Å².